The fraction of sp³-hybridized carbons (Fsp3) is 0.524. The van der Waals surface area contributed by atoms with Crippen LogP contribution in [-0.4, -0.2) is 35.5 Å². The third-order valence-electron chi connectivity index (χ3n) is 5.44. The van der Waals surface area contributed by atoms with E-state index >= 15 is 0 Å². The van der Waals surface area contributed by atoms with Crippen molar-refractivity contribution in [3.63, 3.8) is 0 Å². The van der Waals surface area contributed by atoms with Crippen molar-refractivity contribution >= 4 is 22.8 Å². The smallest absolute Gasteiger partial charge is 0.310 e. The number of nitrogens with zero attached hydrogens (tertiary/aromatic N) is 1. The summed E-state index contributed by atoms with van der Waals surface area (Å²) >= 11 is 0. The van der Waals surface area contributed by atoms with E-state index in [1.807, 2.05) is 30.9 Å². The quantitative estimate of drug-likeness (QED) is 0.778. The molecule has 1 aromatic heterocycles. The third kappa shape index (κ3) is 3.76. The van der Waals surface area contributed by atoms with Crippen LogP contribution in [0, 0.1) is 13.8 Å². The van der Waals surface area contributed by atoms with E-state index < -0.39 is 5.97 Å². The maximum atomic E-state index is 12.5. The Morgan fingerprint density at radius 1 is 1.15 bits per heavy atom. The van der Waals surface area contributed by atoms with Gasteiger partial charge in [0.1, 0.15) is 5.58 Å². The minimum atomic E-state index is -0.406. The lowest BCUT2D eigenvalue weighted by atomic mass is 9.97. The molecule has 5 nitrogen and oxygen atoms in total. The van der Waals surface area contributed by atoms with Crippen LogP contribution in [0.2, 0.25) is 0 Å². The van der Waals surface area contributed by atoms with Crippen LogP contribution in [0.1, 0.15) is 49.8 Å². The number of hydrogen-bond acceptors (Lipinski definition) is 4. The molecular formula is C21H27NO4. The number of ether oxygens (including phenoxy) is 1. The summed E-state index contributed by atoms with van der Waals surface area (Å²) in [6.45, 7) is 7.97. The molecule has 0 saturated carbocycles. The number of carbonyl (C=O) groups is 2. The van der Waals surface area contributed by atoms with Crippen LogP contribution in [0.5, 0.6) is 0 Å². The van der Waals surface area contributed by atoms with Crippen LogP contribution in [-0.2, 0) is 20.7 Å². The number of carbonyl (C=O) groups excluding carboxylic acids is 2. The zero-order chi connectivity index (χ0) is 18.8. The van der Waals surface area contributed by atoms with Crippen LogP contribution in [0.25, 0.3) is 11.0 Å². The third-order valence-corrected chi connectivity index (χ3v) is 5.44. The normalized spacial score (nSPS) is 20.4. The van der Waals surface area contributed by atoms with E-state index in [0.29, 0.717) is 0 Å². The zero-order valence-electron chi connectivity index (χ0n) is 16.0. The van der Waals surface area contributed by atoms with E-state index in [9.17, 15) is 9.59 Å². The summed E-state index contributed by atoms with van der Waals surface area (Å²) in [5.74, 6) is -0.516. The minimum Gasteiger partial charge on any atom is -0.464 e. The Bertz CT molecular complexity index is 813. The fourth-order valence-corrected chi connectivity index (χ4v) is 3.81. The van der Waals surface area contributed by atoms with Gasteiger partial charge in [-0.3, -0.25) is 9.59 Å². The van der Waals surface area contributed by atoms with Gasteiger partial charge in [0.25, 0.3) is 5.91 Å². The number of piperidine rings is 1. The largest absolute Gasteiger partial charge is 0.464 e. The molecule has 1 saturated heterocycles. The SMILES string of the molecule is Cc1cc2occ(CC(=O)OCC(=O)N3[C@H](C)CCC[C@H]3C)c2cc1C. The highest BCUT2D eigenvalue weighted by Crippen LogP contribution is 2.26. The number of furan rings is 1. The summed E-state index contributed by atoms with van der Waals surface area (Å²) in [6.07, 6.45) is 4.85. The number of benzene rings is 1. The number of hydrogen-bond donors (Lipinski definition) is 0. The van der Waals surface area contributed by atoms with E-state index in [-0.39, 0.29) is 31.0 Å². The molecule has 26 heavy (non-hydrogen) atoms. The lowest BCUT2D eigenvalue weighted by Gasteiger charge is -2.38. The minimum absolute atomic E-state index is 0.105. The van der Waals surface area contributed by atoms with E-state index in [1.54, 1.807) is 6.26 Å². The van der Waals surface area contributed by atoms with E-state index in [4.69, 9.17) is 9.15 Å². The van der Waals surface area contributed by atoms with Crippen molar-refractivity contribution in [2.24, 2.45) is 0 Å². The van der Waals surface area contributed by atoms with E-state index in [1.165, 1.54) is 0 Å². The first kappa shape index (κ1) is 18.5. The second-order valence-corrected chi connectivity index (χ2v) is 7.46. The summed E-state index contributed by atoms with van der Waals surface area (Å²) in [5, 5.41) is 0.926. The van der Waals surface area contributed by atoms with Crippen LogP contribution < -0.4 is 0 Å². The second-order valence-electron chi connectivity index (χ2n) is 7.46. The van der Waals surface area contributed by atoms with Gasteiger partial charge < -0.3 is 14.1 Å². The number of aryl methyl sites for hydroxylation is 2. The summed E-state index contributed by atoms with van der Waals surface area (Å²) < 4.78 is 10.8. The van der Waals surface area contributed by atoms with Gasteiger partial charge in [-0.2, -0.15) is 0 Å². The van der Waals surface area contributed by atoms with Gasteiger partial charge in [-0.1, -0.05) is 0 Å². The summed E-state index contributed by atoms with van der Waals surface area (Å²) in [5.41, 5.74) is 3.86. The van der Waals surface area contributed by atoms with Gasteiger partial charge in [0.15, 0.2) is 6.61 Å². The molecule has 0 unspecified atom stereocenters. The van der Waals surface area contributed by atoms with Crippen molar-refractivity contribution in [3.8, 4) is 0 Å². The molecule has 2 atom stereocenters. The Hall–Kier alpha value is -2.30. The monoisotopic (exact) mass is 357 g/mol. The molecule has 0 aliphatic carbocycles. The average Bonchev–Trinajstić information content (AvgIpc) is 2.95. The molecule has 1 fully saturated rings. The maximum absolute atomic E-state index is 12.5. The molecule has 2 heterocycles. The molecule has 0 radical (unpaired) electrons. The summed E-state index contributed by atoms with van der Waals surface area (Å²) in [7, 11) is 0. The van der Waals surface area contributed by atoms with Gasteiger partial charge in [-0.15, -0.1) is 0 Å². The van der Waals surface area contributed by atoms with Gasteiger partial charge in [0, 0.05) is 23.0 Å². The van der Waals surface area contributed by atoms with Crippen molar-refractivity contribution in [2.45, 2.75) is 65.5 Å². The first-order valence-corrected chi connectivity index (χ1v) is 9.31. The molecule has 1 aromatic carbocycles. The topological polar surface area (TPSA) is 59.8 Å². The van der Waals surface area contributed by atoms with Crippen molar-refractivity contribution in [2.75, 3.05) is 6.61 Å². The first-order chi connectivity index (χ1) is 12.4. The van der Waals surface area contributed by atoms with Gasteiger partial charge in [0.2, 0.25) is 0 Å². The molecule has 0 bridgehead atoms. The maximum Gasteiger partial charge on any atom is 0.310 e. The predicted molar refractivity (Wildman–Crippen MR) is 100.0 cm³/mol. The zero-order valence-corrected chi connectivity index (χ0v) is 16.0. The number of rotatable bonds is 4. The Morgan fingerprint density at radius 2 is 1.81 bits per heavy atom. The second kappa shape index (κ2) is 7.52. The number of esters is 1. The Balaban J connectivity index is 1.61. The molecule has 140 valence electrons. The highest BCUT2D eigenvalue weighted by atomic mass is 16.5. The molecule has 5 heteroatoms. The van der Waals surface area contributed by atoms with Gasteiger partial charge >= 0.3 is 5.97 Å². The first-order valence-electron chi connectivity index (χ1n) is 9.31. The Kier molecular flexibility index (Phi) is 5.35. The fourth-order valence-electron chi connectivity index (χ4n) is 3.81. The molecular weight excluding hydrogens is 330 g/mol. The molecule has 2 aromatic rings. The van der Waals surface area contributed by atoms with Crippen LogP contribution in [0.3, 0.4) is 0 Å². The highest BCUT2D eigenvalue weighted by Gasteiger charge is 2.29. The van der Waals surface area contributed by atoms with Crippen LogP contribution in [0.4, 0.5) is 0 Å². The van der Waals surface area contributed by atoms with Crippen molar-refractivity contribution in [1.29, 1.82) is 0 Å². The molecule has 1 aliphatic rings. The van der Waals surface area contributed by atoms with Gasteiger partial charge in [-0.05, 0) is 70.2 Å². The summed E-state index contributed by atoms with van der Waals surface area (Å²) in [4.78, 5) is 26.5. The lowest BCUT2D eigenvalue weighted by Crippen LogP contribution is -2.49. The standard InChI is InChI=1S/C21H27NO4/c1-13-8-18-17(11-25-19(18)9-14(13)2)10-21(24)26-12-20(23)22-15(3)6-5-7-16(22)4/h8-9,11,15-16H,5-7,10,12H2,1-4H3/t15-,16-/m1/s1. The molecule has 1 amide bonds. The van der Waals surface area contributed by atoms with E-state index in [0.717, 1.165) is 46.9 Å². The van der Waals surface area contributed by atoms with Crippen LogP contribution in [0.15, 0.2) is 22.8 Å². The number of likely N-dealkylation sites (tertiary alicyclic amines) is 1. The number of fused-ring (bicyclic) bond motifs is 1. The molecule has 1 aliphatic heterocycles. The average molecular weight is 357 g/mol. The van der Waals surface area contributed by atoms with Crippen LogP contribution >= 0.6 is 0 Å². The van der Waals surface area contributed by atoms with E-state index in [2.05, 4.69) is 13.8 Å². The molecule has 0 spiro atoms. The lowest BCUT2D eigenvalue weighted by molar-refractivity contribution is -0.154. The highest BCUT2D eigenvalue weighted by molar-refractivity contribution is 5.88. The number of amides is 1. The Labute approximate surface area is 154 Å². The van der Waals surface area contributed by atoms with Gasteiger partial charge in [0.05, 0.1) is 12.7 Å². The molecule has 0 N–H and O–H groups in total. The van der Waals surface area contributed by atoms with Crippen molar-refractivity contribution < 1.29 is 18.7 Å². The Morgan fingerprint density at radius 3 is 2.50 bits per heavy atom. The van der Waals surface area contributed by atoms with Crippen molar-refractivity contribution in [1.82, 2.24) is 4.90 Å². The summed E-state index contributed by atoms with van der Waals surface area (Å²) in [6, 6.07) is 4.41. The van der Waals surface area contributed by atoms with Crippen molar-refractivity contribution in [3.05, 3.63) is 35.1 Å². The van der Waals surface area contributed by atoms with Gasteiger partial charge in [-0.25, -0.2) is 0 Å². The molecule has 3 rings (SSSR count). The predicted octanol–water partition coefficient (Wildman–Crippen LogP) is 3.92.